The predicted molar refractivity (Wildman–Crippen MR) is 54.8 cm³/mol. The van der Waals surface area contributed by atoms with E-state index >= 15 is 0 Å². The smallest absolute Gasteiger partial charge is 0.102 e. The Morgan fingerprint density at radius 2 is 1.92 bits per heavy atom. The monoisotopic (exact) mass is 187 g/mol. The fourth-order valence-corrected chi connectivity index (χ4v) is 1.69. The van der Waals surface area contributed by atoms with E-state index in [1.807, 2.05) is 0 Å². The number of ether oxygens (including phenoxy) is 1. The molecule has 0 spiro atoms. The van der Waals surface area contributed by atoms with E-state index in [0.29, 0.717) is 0 Å². The molecule has 1 N–H and O–H groups in total. The van der Waals surface area contributed by atoms with Gasteiger partial charge in [-0.3, -0.25) is 0 Å². The van der Waals surface area contributed by atoms with Crippen LogP contribution in [-0.4, -0.2) is 57.5 Å². The molecule has 0 aromatic carbocycles. The lowest BCUT2D eigenvalue weighted by atomic mass is 10.3. The van der Waals surface area contributed by atoms with Crippen LogP contribution in [0.15, 0.2) is 0 Å². The van der Waals surface area contributed by atoms with Gasteiger partial charge in [-0.05, 0) is 6.42 Å². The van der Waals surface area contributed by atoms with Gasteiger partial charge in [0.15, 0.2) is 0 Å². The lowest BCUT2D eigenvalue weighted by Crippen LogP contribution is -2.57. The Morgan fingerprint density at radius 1 is 1.23 bits per heavy atom. The van der Waals surface area contributed by atoms with Crippen LogP contribution in [0.25, 0.3) is 0 Å². The molecule has 3 heteroatoms. The molecule has 1 fully saturated rings. The average Bonchev–Trinajstić information content (AvgIpc) is 2.14. The summed E-state index contributed by atoms with van der Waals surface area (Å²) >= 11 is 0. The first-order chi connectivity index (χ1) is 6.27. The van der Waals surface area contributed by atoms with E-state index in [4.69, 9.17) is 4.74 Å². The zero-order chi connectivity index (χ0) is 9.57. The lowest BCUT2D eigenvalue weighted by Gasteiger charge is -2.37. The zero-order valence-corrected chi connectivity index (χ0v) is 9.01. The molecule has 0 bridgehead atoms. The Hall–Kier alpha value is -0.120. The van der Waals surface area contributed by atoms with Crippen molar-refractivity contribution in [2.45, 2.75) is 13.3 Å². The number of hydrogen-bond acceptors (Lipinski definition) is 2. The summed E-state index contributed by atoms with van der Waals surface area (Å²) in [5.41, 5.74) is 0. The van der Waals surface area contributed by atoms with Gasteiger partial charge in [-0.2, -0.15) is 0 Å². The maximum atomic E-state index is 5.51. The number of quaternary nitrogens is 1. The molecule has 0 aromatic heterocycles. The SMILES string of the molecule is CCCOCC[N+]1(C)CCNCC1. The Morgan fingerprint density at radius 3 is 2.54 bits per heavy atom. The van der Waals surface area contributed by atoms with E-state index in [-0.39, 0.29) is 0 Å². The van der Waals surface area contributed by atoms with E-state index in [1.54, 1.807) is 0 Å². The van der Waals surface area contributed by atoms with Gasteiger partial charge >= 0.3 is 0 Å². The van der Waals surface area contributed by atoms with Crippen molar-refractivity contribution < 1.29 is 9.22 Å². The van der Waals surface area contributed by atoms with Crippen LogP contribution in [0.3, 0.4) is 0 Å². The van der Waals surface area contributed by atoms with Crippen LogP contribution in [0.2, 0.25) is 0 Å². The topological polar surface area (TPSA) is 21.3 Å². The Labute approximate surface area is 81.7 Å². The summed E-state index contributed by atoms with van der Waals surface area (Å²) in [6.07, 6.45) is 1.13. The molecule has 78 valence electrons. The first-order valence-corrected chi connectivity index (χ1v) is 5.39. The molecule has 1 heterocycles. The highest BCUT2D eigenvalue weighted by Crippen LogP contribution is 2.03. The molecule has 0 amide bonds. The molecule has 0 saturated carbocycles. The van der Waals surface area contributed by atoms with Gasteiger partial charge in [0.2, 0.25) is 0 Å². The van der Waals surface area contributed by atoms with Crippen molar-refractivity contribution >= 4 is 0 Å². The van der Waals surface area contributed by atoms with E-state index in [0.717, 1.165) is 32.7 Å². The van der Waals surface area contributed by atoms with Gasteiger partial charge in [0, 0.05) is 19.7 Å². The van der Waals surface area contributed by atoms with Crippen molar-refractivity contribution in [3.8, 4) is 0 Å². The molecule has 0 atom stereocenters. The molecule has 1 saturated heterocycles. The van der Waals surface area contributed by atoms with Crippen LogP contribution in [0.5, 0.6) is 0 Å². The number of piperazine rings is 1. The molecule has 1 rings (SSSR count). The van der Waals surface area contributed by atoms with Crippen molar-refractivity contribution in [1.82, 2.24) is 5.32 Å². The van der Waals surface area contributed by atoms with Gasteiger partial charge in [0.05, 0.1) is 26.7 Å². The van der Waals surface area contributed by atoms with E-state index in [9.17, 15) is 0 Å². The Kier molecular flexibility index (Phi) is 4.70. The number of hydrogen-bond donors (Lipinski definition) is 1. The van der Waals surface area contributed by atoms with Crippen LogP contribution >= 0.6 is 0 Å². The second kappa shape index (κ2) is 5.58. The minimum atomic E-state index is 0.915. The van der Waals surface area contributed by atoms with Crippen molar-refractivity contribution in [3.05, 3.63) is 0 Å². The highest BCUT2D eigenvalue weighted by atomic mass is 16.5. The van der Waals surface area contributed by atoms with Crippen molar-refractivity contribution in [3.63, 3.8) is 0 Å². The summed E-state index contributed by atoms with van der Waals surface area (Å²) < 4.78 is 6.69. The van der Waals surface area contributed by atoms with Crippen molar-refractivity contribution in [2.24, 2.45) is 0 Å². The summed E-state index contributed by atoms with van der Waals surface area (Å²) in [4.78, 5) is 0. The third kappa shape index (κ3) is 4.07. The average molecular weight is 187 g/mol. The van der Waals surface area contributed by atoms with Crippen LogP contribution in [0.1, 0.15) is 13.3 Å². The maximum Gasteiger partial charge on any atom is 0.102 e. The van der Waals surface area contributed by atoms with Crippen LogP contribution in [-0.2, 0) is 4.74 Å². The summed E-state index contributed by atoms with van der Waals surface area (Å²) in [5, 5.41) is 3.39. The molecule has 0 aromatic rings. The van der Waals surface area contributed by atoms with E-state index in [1.165, 1.54) is 24.1 Å². The standard InChI is InChI=1S/C10H23N2O/c1-3-9-13-10-8-12(2)6-4-11-5-7-12/h11H,3-10H2,1-2H3/q+1. The molecule has 0 unspecified atom stereocenters. The van der Waals surface area contributed by atoms with Gasteiger partial charge in [0.25, 0.3) is 0 Å². The molecule has 0 aliphatic carbocycles. The first kappa shape index (κ1) is 11.0. The van der Waals surface area contributed by atoms with Crippen LogP contribution in [0, 0.1) is 0 Å². The van der Waals surface area contributed by atoms with E-state index < -0.39 is 0 Å². The molecule has 3 nitrogen and oxygen atoms in total. The molecule has 13 heavy (non-hydrogen) atoms. The van der Waals surface area contributed by atoms with Gasteiger partial charge in [0.1, 0.15) is 6.54 Å². The first-order valence-electron chi connectivity index (χ1n) is 5.39. The zero-order valence-electron chi connectivity index (χ0n) is 9.01. The van der Waals surface area contributed by atoms with Crippen LogP contribution < -0.4 is 5.32 Å². The number of nitrogens with zero attached hydrogens (tertiary/aromatic N) is 1. The number of rotatable bonds is 5. The number of likely N-dealkylation sites (N-methyl/N-ethyl adjacent to an activating group) is 1. The van der Waals surface area contributed by atoms with Crippen LogP contribution in [0.4, 0.5) is 0 Å². The highest BCUT2D eigenvalue weighted by molar-refractivity contribution is 4.54. The Bertz CT molecular complexity index is 133. The fraction of sp³-hybridized carbons (Fsp3) is 1.00. The summed E-state index contributed by atoms with van der Waals surface area (Å²) in [7, 11) is 2.33. The second-order valence-corrected chi connectivity index (χ2v) is 4.15. The molecule has 1 aliphatic rings. The fourth-order valence-electron chi connectivity index (χ4n) is 1.69. The summed E-state index contributed by atoms with van der Waals surface area (Å²) in [6.45, 7) is 9.96. The third-order valence-electron chi connectivity index (χ3n) is 2.78. The lowest BCUT2D eigenvalue weighted by molar-refractivity contribution is -0.911. The van der Waals surface area contributed by atoms with Gasteiger partial charge in [-0.1, -0.05) is 6.92 Å². The normalized spacial score (nSPS) is 21.7. The highest BCUT2D eigenvalue weighted by Gasteiger charge is 2.23. The van der Waals surface area contributed by atoms with Gasteiger partial charge in [-0.15, -0.1) is 0 Å². The van der Waals surface area contributed by atoms with Gasteiger partial charge < -0.3 is 14.5 Å². The molecular formula is C10H23N2O+. The van der Waals surface area contributed by atoms with E-state index in [2.05, 4.69) is 19.3 Å². The maximum absolute atomic E-state index is 5.51. The minimum Gasteiger partial charge on any atom is -0.376 e. The largest absolute Gasteiger partial charge is 0.376 e. The van der Waals surface area contributed by atoms with Gasteiger partial charge in [-0.25, -0.2) is 0 Å². The Balaban J connectivity index is 2.10. The quantitative estimate of drug-likeness (QED) is 0.499. The molecule has 0 radical (unpaired) electrons. The molecule has 1 aliphatic heterocycles. The summed E-state index contributed by atoms with van der Waals surface area (Å²) in [5.74, 6) is 0. The summed E-state index contributed by atoms with van der Waals surface area (Å²) in [6, 6.07) is 0. The minimum absolute atomic E-state index is 0.915. The van der Waals surface area contributed by atoms with Crippen molar-refractivity contribution in [1.29, 1.82) is 0 Å². The third-order valence-corrected chi connectivity index (χ3v) is 2.78. The van der Waals surface area contributed by atoms with Crippen molar-refractivity contribution in [2.75, 3.05) is 53.0 Å². The predicted octanol–water partition coefficient (Wildman–Crippen LogP) is 0.463. The molecular weight excluding hydrogens is 164 g/mol. The second-order valence-electron chi connectivity index (χ2n) is 4.15. The number of nitrogens with one attached hydrogen (secondary N) is 1.